The first-order chi connectivity index (χ1) is 10.8. The molecule has 2 N–H and O–H groups in total. The highest BCUT2D eigenvalue weighted by Crippen LogP contribution is 2.28. The summed E-state index contributed by atoms with van der Waals surface area (Å²) in [5.41, 5.74) is 1.05. The Hall–Kier alpha value is -1.71. The summed E-state index contributed by atoms with van der Waals surface area (Å²) in [6.45, 7) is 3.90. The number of benzene rings is 1. The highest BCUT2D eigenvalue weighted by molar-refractivity contribution is 5.73. The maximum atomic E-state index is 11.8. The summed E-state index contributed by atoms with van der Waals surface area (Å²) >= 11 is 0. The molecule has 0 aliphatic heterocycles. The van der Waals surface area contributed by atoms with Gasteiger partial charge >= 0.3 is 6.03 Å². The third kappa shape index (κ3) is 5.96. The summed E-state index contributed by atoms with van der Waals surface area (Å²) in [7, 11) is 0. The molecule has 4 nitrogen and oxygen atoms in total. The Morgan fingerprint density at radius 1 is 1.27 bits per heavy atom. The molecule has 0 unspecified atom stereocenters. The molecule has 0 radical (unpaired) electrons. The molecule has 122 valence electrons. The molecule has 0 aromatic heterocycles. The summed E-state index contributed by atoms with van der Waals surface area (Å²) in [5.74, 6) is 1.74. The molecule has 22 heavy (non-hydrogen) atoms. The van der Waals surface area contributed by atoms with Crippen LogP contribution in [0.5, 0.6) is 5.75 Å². The molecule has 4 heteroatoms. The Bertz CT molecular complexity index is 456. The fraction of sp³-hybridized carbons (Fsp3) is 0.611. The van der Waals surface area contributed by atoms with E-state index in [0.717, 1.165) is 30.2 Å². The van der Waals surface area contributed by atoms with Gasteiger partial charge in [-0.2, -0.15) is 0 Å². The normalized spacial score (nSPS) is 14.8. The molecule has 1 aromatic carbocycles. The van der Waals surface area contributed by atoms with Gasteiger partial charge in [0.1, 0.15) is 5.75 Å². The molecule has 1 saturated carbocycles. The Morgan fingerprint density at radius 2 is 2.09 bits per heavy atom. The van der Waals surface area contributed by atoms with Gasteiger partial charge < -0.3 is 15.4 Å². The van der Waals surface area contributed by atoms with Crippen molar-refractivity contribution in [3.63, 3.8) is 0 Å². The van der Waals surface area contributed by atoms with Crippen LogP contribution in [0.2, 0.25) is 0 Å². The Balaban J connectivity index is 1.59. The molecule has 1 aliphatic rings. The molecule has 2 rings (SSSR count). The van der Waals surface area contributed by atoms with E-state index in [1.54, 1.807) is 0 Å². The first-order valence-electron chi connectivity index (χ1n) is 8.51. The van der Waals surface area contributed by atoms with Gasteiger partial charge in [-0.3, -0.25) is 0 Å². The largest absolute Gasteiger partial charge is 0.494 e. The van der Waals surface area contributed by atoms with Crippen LogP contribution in [0.1, 0.15) is 51.0 Å². The van der Waals surface area contributed by atoms with Crippen molar-refractivity contribution >= 4 is 6.03 Å². The highest BCUT2D eigenvalue weighted by Gasteiger charge is 2.14. The molecule has 0 spiro atoms. The van der Waals surface area contributed by atoms with E-state index in [1.807, 2.05) is 31.2 Å². The molecular formula is C18H28N2O2. The fourth-order valence-corrected chi connectivity index (χ4v) is 3.05. The van der Waals surface area contributed by atoms with Gasteiger partial charge in [0.25, 0.3) is 0 Å². The summed E-state index contributed by atoms with van der Waals surface area (Å²) in [6, 6.07) is 7.73. The van der Waals surface area contributed by atoms with E-state index >= 15 is 0 Å². The number of ether oxygens (including phenoxy) is 1. The van der Waals surface area contributed by atoms with Crippen LogP contribution >= 0.6 is 0 Å². The minimum absolute atomic E-state index is 0.0896. The van der Waals surface area contributed by atoms with Crippen LogP contribution < -0.4 is 15.4 Å². The topological polar surface area (TPSA) is 50.4 Å². The summed E-state index contributed by atoms with van der Waals surface area (Å²) in [4.78, 5) is 11.8. The first-order valence-corrected chi connectivity index (χ1v) is 8.51. The van der Waals surface area contributed by atoms with E-state index in [-0.39, 0.29) is 6.03 Å². The second-order valence-electron chi connectivity index (χ2n) is 5.98. The number of carbonyl (C=O) groups is 1. The molecule has 0 heterocycles. The zero-order valence-corrected chi connectivity index (χ0v) is 13.6. The Morgan fingerprint density at radius 3 is 2.86 bits per heavy atom. The van der Waals surface area contributed by atoms with Gasteiger partial charge in [0.15, 0.2) is 0 Å². The maximum absolute atomic E-state index is 11.8. The van der Waals surface area contributed by atoms with Crippen molar-refractivity contribution in [3.8, 4) is 5.75 Å². The minimum Gasteiger partial charge on any atom is -0.494 e. The quantitative estimate of drug-likeness (QED) is 0.717. The number of rotatable bonds is 8. The summed E-state index contributed by atoms with van der Waals surface area (Å²) in [6.07, 6.45) is 7.86. The van der Waals surface area contributed by atoms with E-state index in [2.05, 4.69) is 10.6 Å². The number of hydrogen-bond acceptors (Lipinski definition) is 2. The van der Waals surface area contributed by atoms with Crippen molar-refractivity contribution in [2.75, 3.05) is 13.2 Å². The van der Waals surface area contributed by atoms with E-state index in [1.165, 1.54) is 32.1 Å². The number of amides is 2. The molecule has 0 atom stereocenters. The third-order valence-electron chi connectivity index (χ3n) is 4.21. The van der Waals surface area contributed by atoms with Gasteiger partial charge in [0.05, 0.1) is 6.61 Å². The first kappa shape index (κ1) is 16.7. The average molecular weight is 304 g/mol. The van der Waals surface area contributed by atoms with Crippen LogP contribution in [0.15, 0.2) is 24.3 Å². The van der Waals surface area contributed by atoms with Gasteiger partial charge in [0.2, 0.25) is 0 Å². The molecule has 1 fully saturated rings. The predicted molar refractivity (Wildman–Crippen MR) is 89.0 cm³/mol. The van der Waals surface area contributed by atoms with Crippen molar-refractivity contribution < 1.29 is 9.53 Å². The minimum atomic E-state index is -0.0896. The zero-order chi connectivity index (χ0) is 15.6. The third-order valence-corrected chi connectivity index (χ3v) is 4.21. The Kier molecular flexibility index (Phi) is 7.07. The van der Waals surface area contributed by atoms with Gasteiger partial charge in [-0.25, -0.2) is 4.79 Å². The second kappa shape index (κ2) is 9.34. The average Bonchev–Trinajstić information content (AvgIpc) is 3.04. The number of hydrogen-bond donors (Lipinski definition) is 2. The van der Waals surface area contributed by atoms with Gasteiger partial charge in [0, 0.05) is 13.1 Å². The second-order valence-corrected chi connectivity index (χ2v) is 5.98. The SMILES string of the molecule is CCOc1cccc(CNC(=O)NCCCC2CCCC2)c1. The standard InChI is InChI=1S/C18H28N2O2/c1-2-22-17-11-5-9-16(13-17)14-20-18(21)19-12-6-10-15-7-3-4-8-15/h5,9,11,13,15H,2-4,6-8,10,12,14H2,1H3,(H2,19,20,21). The van der Waals surface area contributed by atoms with E-state index in [4.69, 9.17) is 4.74 Å². The van der Waals surface area contributed by atoms with E-state index in [9.17, 15) is 4.79 Å². The molecule has 1 aromatic rings. The lowest BCUT2D eigenvalue weighted by Gasteiger charge is -2.11. The summed E-state index contributed by atoms with van der Waals surface area (Å²) < 4.78 is 5.45. The van der Waals surface area contributed by atoms with Crippen LogP contribution in [-0.2, 0) is 6.54 Å². The number of urea groups is 1. The fourth-order valence-electron chi connectivity index (χ4n) is 3.05. The lowest BCUT2D eigenvalue weighted by Crippen LogP contribution is -2.35. The van der Waals surface area contributed by atoms with E-state index in [0.29, 0.717) is 13.2 Å². The highest BCUT2D eigenvalue weighted by atomic mass is 16.5. The van der Waals surface area contributed by atoms with Crippen LogP contribution in [0.25, 0.3) is 0 Å². The lowest BCUT2D eigenvalue weighted by atomic mass is 10.0. The number of carbonyl (C=O) groups excluding carboxylic acids is 1. The Labute approximate surface area is 133 Å². The van der Waals surface area contributed by atoms with Crippen molar-refractivity contribution in [1.82, 2.24) is 10.6 Å². The van der Waals surface area contributed by atoms with Gasteiger partial charge in [-0.1, -0.05) is 37.8 Å². The van der Waals surface area contributed by atoms with Crippen molar-refractivity contribution in [2.45, 2.75) is 52.0 Å². The van der Waals surface area contributed by atoms with Gasteiger partial charge in [-0.15, -0.1) is 0 Å². The molecule has 0 bridgehead atoms. The maximum Gasteiger partial charge on any atom is 0.315 e. The predicted octanol–water partition coefficient (Wildman–Crippen LogP) is 3.85. The van der Waals surface area contributed by atoms with Gasteiger partial charge in [-0.05, 0) is 43.4 Å². The monoisotopic (exact) mass is 304 g/mol. The van der Waals surface area contributed by atoms with Crippen LogP contribution in [0.3, 0.4) is 0 Å². The smallest absolute Gasteiger partial charge is 0.315 e. The molecule has 1 aliphatic carbocycles. The van der Waals surface area contributed by atoms with Crippen LogP contribution in [-0.4, -0.2) is 19.2 Å². The lowest BCUT2D eigenvalue weighted by molar-refractivity contribution is 0.240. The molecular weight excluding hydrogens is 276 g/mol. The van der Waals surface area contributed by atoms with Crippen molar-refractivity contribution in [3.05, 3.63) is 29.8 Å². The molecule has 0 saturated heterocycles. The summed E-state index contributed by atoms with van der Waals surface area (Å²) in [5, 5.41) is 5.83. The van der Waals surface area contributed by atoms with Crippen molar-refractivity contribution in [2.24, 2.45) is 5.92 Å². The number of nitrogens with one attached hydrogen (secondary N) is 2. The van der Waals surface area contributed by atoms with Crippen LogP contribution in [0, 0.1) is 5.92 Å². The molecule has 2 amide bonds. The van der Waals surface area contributed by atoms with Crippen LogP contribution in [0.4, 0.5) is 4.79 Å². The van der Waals surface area contributed by atoms with E-state index < -0.39 is 0 Å². The zero-order valence-electron chi connectivity index (χ0n) is 13.6. The van der Waals surface area contributed by atoms with Crippen molar-refractivity contribution in [1.29, 1.82) is 0 Å².